The number of aromatic nitrogens is 4. The summed E-state index contributed by atoms with van der Waals surface area (Å²) in [7, 11) is 1.91. The number of benzene rings is 1. The molecule has 2 fully saturated rings. The zero-order chi connectivity index (χ0) is 22.5. The van der Waals surface area contributed by atoms with E-state index in [1.165, 1.54) is 18.5 Å². The lowest BCUT2D eigenvalue weighted by molar-refractivity contribution is -0.137. The van der Waals surface area contributed by atoms with Crippen LogP contribution in [-0.4, -0.2) is 50.0 Å². The first-order chi connectivity index (χ1) is 15.3. The van der Waals surface area contributed by atoms with Crippen LogP contribution in [0.1, 0.15) is 29.7 Å². The summed E-state index contributed by atoms with van der Waals surface area (Å²) in [6.45, 7) is 4.59. The highest BCUT2D eigenvalue weighted by atomic mass is 35.5. The fourth-order valence-corrected chi connectivity index (χ4v) is 5.65. The largest absolute Gasteiger partial charge is 0.440 e. The molecule has 1 aliphatic carbocycles. The molecule has 11 heteroatoms. The van der Waals surface area contributed by atoms with E-state index in [-0.39, 0.29) is 17.8 Å². The van der Waals surface area contributed by atoms with Crippen molar-refractivity contribution in [1.29, 1.82) is 0 Å². The van der Waals surface area contributed by atoms with Crippen LogP contribution in [0.2, 0.25) is 0 Å². The number of rotatable bonds is 7. The van der Waals surface area contributed by atoms with Crippen LogP contribution in [0, 0.1) is 12.8 Å². The summed E-state index contributed by atoms with van der Waals surface area (Å²) in [6.07, 6.45) is -0.931. The summed E-state index contributed by atoms with van der Waals surface area (Å²) in [5.74, 6) is 2.64. The van der Waals surface area contributed by atoms with Gasteiger partial charge in [-0.25, -0.2) is 4.98 Å². The van der Waals surface area contributed by atoms with Crippen LogP contribution in [-0.2, 0) is 18.6 Å². The lowest BCUT2D eigenvalue weighted by atomic mass is 9.93. The lowest BCUT2D eigenvalue weighted by Gasteiger charge is -2.21. The predicted octanol–water partition coefficient (Wildman–Crippen LogP) is 4.97. The van der Waals surface area contributed by atoms with Gasteiger partial charge < -0.3 is 13.9 Å². The van der Waals surface area contributed by atoms with Gasteiger partial charge in [0.1, 0.15) is 0 Å². The zero-order valence-electron chi connectivity index (χ0n) is 18.3. The Morgan fingerprint density at radius 2 is 2.09 bits per heavy atom. The van der Waals surface area contributed by atoms with Gasteiger partial charge in [0.25, 0.3) is 0 Å². The number of oxazole rings is 1. The zero-order valence-corrected chi connectivity index (χ0v) is 19.9. The van der Waals surface area contributed by atoms with Crippen LogP contribution in [0.5, 0.6) is 0 Å². The molecule has 1 saturated carbocycles. The molecular weight excluding hydrogens is 475 g/mol. The molecule has 0 bridgehead atoms. The maximum Gasteiger partial charge on any atom is 0.416 e. The van der Waals surface area contributed by atoms with Crippen LogP contribution in [0.15, 0.2) is 40.2 Å². The Kier molecular flexibility index (Phi) is 6.54. The van der Waals surface area contributed by atoms with Gasteiger partial charge in [-0.15, -0.1) is 22.6 Å². The number of thioether (sulfide) groups is 1. The highest BCUT2D eigenvalue weighted by Gasteiger charge is 2.60. The van der Waals surface area contributed by atoms with Gasteiger partial charge in [-0.3, -0.25) is 0 Å². The van der Waals surface area contributed by atoms with Gasteiger partial charge in [-0.2, -0.15) is 13.2 Å². The first-order valence-corrected chi connectivity index (χ1v) is 11.6. The van der Waals surface area contributed by atoms with E-state index in [9.17, 15) is 13.2 Å². The van der Waals surface area contributed by atoms with Crippen molar-refractivity contribution < 1.29 is 17.6 Å². The van der Waals surface area contributed by atoms with Gasteiger partial charge >= 0.3 is 6.18 Å². The van der Waals surface area contributed by atoms with Crippen molar-refractivity contribution in [3.05, 3.63) is 47.5 Å². The second kappa shape index (κ2) is 8.96. The number of likely N-dealkylation sites (tertiary alicyclic amines) is 1. The van der Waals surface area contributed by atoms with Crippen LogP contribution in [0.4, 0.5) is 13.2 Å². The average molecular weight is 500 g/mol. The predicted molar refractivity (Wildman–Crippen MR) is 121 cm³/mol. The molecule has 33 heavy (non-hydrogen) atoms. The van der Waals surface area contributed by atoms with Crippen molar-refractivity contribution in [2.45, 2.75) is 36.5 Å². The molecule has 0 spiro atoms. The second-order valence-electron chi connectivity index (χ2n) is 8.70. The van der Waals surface area contributed by atoms with E-state index in [4.69, 9.17) is 4.42 Å². The number of nitrogens with zero attached hydrogens (tertiary/aromatic N) is 5. The molecule has 6 nitrogen and oxygen atoms in total. The van der Waals surface area contributed by atoms with Gasteiger partial charge in [-0.05, 0) is 43.9 Å². The first-order valence-electron chi connectivity index (χ1n) is 10.6. The van der Waals surface area contributed by atoms with Crippen molar-refractivity contribution in [3.8, 4) is 11.6 Å². The smallest absolute Gasteiger partial charge is 0.416 e. The van der Waals surface area contributed by atoms with E-state index in [0.717, 1.165) is 60.7 Å². The van der Waals surface area contributed by atoms with Crippen molar-refractivity contribution in [2.75, 3.05) is 25.4 Å². The van der Waals surface area contributed by atoms with Gasteiger partial charge in [0.2, 0.25) is 5.82 Å². The van der Waals surface area contributed by atoms with E-state index in [1.807, 2.05) is 24.6 Å². The third-order valence-electron chi connectivity index (χ3n) is 6.61. The normalized spacial score (nSPS) is 22.3. The van der Waals surface area contributed by atoms with E-state index >= 15 is 0 Å². The monoisotopic (exact) mass is 499 g/mol. The minimum Gasteiger partial charge on any atom is -0.440 e. The summed E-state index contributed by atoms with van der Waals surface area (Å²) < 4.78 is 46.7. The molecule has 1 saturated heterocycles. The molecule has 2 aromatic heterocycles. The van der Waals surface area contributed by atoms with Gasteiger partial charge in [-0.1, -0.05) is 30.0 Å². The first kappa shape index (κ1) is 24.1. The third kappa shape index (κ3) is 4.52. The third-order valence-corrected chi connectivity index (χ3v) is 7.72. The Labute approximate surface area is 200 Å². The van der Waals surface area contributed by atoms with Gasteiger partial charge in [0.05, 0.1) is 11.3 Å². The summed E-state index contributed by atoms with van der Waals surface area (Å²) in [6, 6.07) is 5.90. The summed E-state index contributed by atoms with van der Waals surface area (Å²) >= 11 is 1.64. The molecule has 0 amide bonds. The molecule has 1 aromatic carbocycles. The lowest BCUT2D eigenvalue weighted by Crippen LogP contribution is -2.28. The maximum absolute atomic E-state index is 13.1. The fourth-order valence-electron chi connectivity index (χ4n) is 4.82. The summed E-state index contributed by atoms with van der Waals surface area (Å²) in [4.78, 5) is 6.48. The Hall–Kier alpha value is -2.04. The number of fused-ring (bicyclic) bond motifs is 1. The van der Waals surface area contributed by atoms with Gasteiger partial charge in [0.15, 0.2) is 17.3 Å². The molecule has 2 unspecified atom stereocenters. The molecule has 0 N–H and O–H groups in total. The Morgan fingerprint density at radius 3 is 2.82 bits per heavy atom. The number of alkyl halides is 3. The van der Waals surface area contributed by atoms with Gasteiger partial charge in [0, 0.05) is 31.3 Å². The Balaban J connectivity index is 0.00000259. The Morgan fingerprint density at radius 1 is 1.27 bits per heavy atom. The van der Waals surface area contributed by atoms with E-state index in [0.29, 0.717) is 17.5 Å². The second-order valence-corrected chi connectivity index (χ2v) is 9.77. The fraction of sp³-hybridized carbons (Fsp3) is 0.500. The van der Waals surface area contributed by atoms with E-state index in [1.54, 1.807) is 11.8 Å². The van der Waals surface area contributed by atoms with Crippen LogP contribution in [0.25, 0.3) is 11.6 Å². The topological polar surface area (TPSA) is 60.0 Å². The Bertz CT molecular complexity index is 1130. The van der Waals surface area contributed by atoms with Crippen LogP contribution in [0.3, 0.4) is 0 Å². The minimum atomic E-state index is -4.29. The van der Waals surface area contributed by atoms with E-state index < -0.39 is 11.7 Å². The maximum atomic E-state index is 13.1. The molecule has 3 heterocycles. The molecule has 3 aromatic rings. The van der Waals surface area contributed by atoms with Crippen LogP contribution >= 0.6 is 24.2 Å². The number of halogens is 4. The summed E-state index contributed by atoms with van der Waals surface area (Å²) in [5, 5.41) is 9.31. The van der Waals surface area contributed by atoms with Crippen molar-refractivity contribution in [2.24, 2.45) is 13.0 Å². The van der Waals surface area contributed by atoms with Crippen molar-refractivity contribution in [3.63, 3.8) is 0 Å². The molecule has 1 aliphatic heterocycles. The molecule has 0 radical (unpaired) electrons. The van der Waals surface area contributed by atoms with E-state index in [2.05, 4.69) is 20.1 Å². The average Bonchev–Trinajstić information content (AvgIpc) is 3.05. The molecule has 2 atom stereocenters. The molecule has 2 aliphatic rings. The summed E-state index contributed by atoms with van der Waals surface area (Å²) in [5.41, 5.74) is 0.971. The van der Waals surface area contributed by atoms with Crippen LogP contribution < -0.4 is 0 Å². The molecule has 5 rings (SSSR count). The highest BCUT2D eigenvalue weighted by molar-refractivity contribution is 7.99. The number of hydrogen-bond donors (Lipinski definition) is 0. The minimum absolute atomic E-state index is 0. The standard InChI is InChI=1S/C22H24F3N5OS.ClH/c1-14-18(31-13-26-14)19-27-28-20(29(19)2)32-8-4-7-30-11-17-10-21(17,12-30)15-5-3-6-16(9-15)22(23,24)25;/h3,5-6,9,13,17H,4,7-8,10-12H2,1-2H3;1H. The number of hydrogen-bond acceptors (Lipinski definition) is 6. The van der Waals surface area contributed by atoms with Crippen molar-refractivity contribution >= 4 is 24.2 Å². The molecular formula is C22H25ClF3N5OS. The molecule has 178 valence electrons. The SMILES string of the molecule is Cc1ncoc1-c1nnc(SCCCN2CC3CC3(c3cccc(C(F)(F)F)c3)C2)n1C.Cl. The quantitative estimate of drug-likeness (QED) is 0.338. The van der Waals surface area contributed by atoms with Crippen molar-refractivity contribution in [1.82, 2.24) is 24.6 Å². The number of piperidine rings is 1. The highest BCUT2D eigenvalue weighted by Crippen LogP contribution is 2.59. The number of aryl methyl sites for hydroxylation is 1.